The van der Waals surface area contributed by atoms with E-state index in [2.05, 4.69) is 5.32 Å². The highest BCUT2D eigenvalue weighted by molar-refractivity contribution is 5.73. The summed E-state index contributed by atoms with van der Waals surface area (Å²) in [4.78, 5) is 10.9. The number of hydrogen-bond donors (Lipinski definition) is 2. The predicted octanol–water partition coefficient (Wildman–Crippen LogP) is -0.367. The summed E-state index contributed by atoms with van der Waals surface area (Å²) in [6, 6.07) is -0.291. The molecule has 0 aromatic heterocycles. The number of carbonyl (C=O) groups is 1. The van der Waals surface area contributed by atoms with Crippen molar-refractivity contribution in [3.8, 4) is 0 Å². The third kappa shape index (κ3) is 2.67. The van der Waals surface area contributed by atoms with Crippen molar-refractivity contribution in [2.75, 3.05) is 7.11 Å². The summed E-state index contributed by atoms with van der Waals surface area (Å²) in [5, 5.41) is 12.4. The van der Waals surface area contributed by atoms with Crippen LogP contribution in [0.1, 0.15) is 20.3 Å². The molecule has 1 aliphatic rings. The van der Waals surface area contributed by atoms with Gasteiger partial charge in [-0.2, -0.15) is 0 Å². The first-order valence-corrected chi connectivity index (χ1v) is 4.68. The lowest BCUT2D eigenvalue weighted by Gasteiger charge is -2.37. The highest BCUT2D eigenvalue weighted by Crippen LogP contribution is 2.20. The van der Waals surface area contributed by atoms with Gasteiger partial charge in [0, 0.05) is 20.5 Å². The first-order chi connectivity index (χ1) is 6.54. The summed E-state index contributed by atoms with van der Waals surface area (Å²) >= 11 is 0. The third-order valence-electron chi connectivity index (χ3n) is 2.36. The standard InChI is InChI=1S/C9H17NO4/c1-5-9(12)7(10-6(2)11)4-8(13-3)14-5/h5,7-9,12H,4H2,1-3H3,(H,10,11)/t5-,7+,8+,9-/m0/s1. The Morgan fingerprint density at radius 2 is 2.29 bits per heavy atom. The van der Waals surface area contributed by atoms with Crippen LogP contribution in [0.4, 0.5) is 0 Å². The zero-order valence-electron chi connectivity index (χ0n) is 8.69. The molecule has 4 atom stereocenters. The van der Waals surface area contributed by atoms with E-state index in [0.29, 0.717) is 6.42 Å². The molecule has 0 radical (unpaired) electrons. The molecule has 1 rings (SSSR count). The molecule has 14 heavy (non-hydrogen) atoms. The fourth-order valence-electron chi connectivity index (χ4n) is 1.61. The zero-order valence-corrected chi connectivity index (χ0v) is 8.69. The molecule has 0 aromatic rings. The van der Waals surface area contributed by atoms with Gasteiger partial charge in [-0.05, 0) is 6.92 Å². The molecule has 5 nitrogen and oxygen atoms in total. The van der Waals surface area contributed by atoms with E-state index < -0.39 is 6.10 Å². The lowest BCUT2D eigenvalue weighted by atomic mass is 9.99. The average Bonchev–Trinajstić information content (AvgIpc) is 2.11. The van der Waals surface area contributed by atoms with Crippen LogP contribution in [-0.2, 0) is 14.3 Å². The van der Waals surface area contributed by atoms with Crippen LogP contribution in [0.15, 0.2) is 0 Å². The quantitative estimate of drug-likeness (QED) is 0.642. The topological polar surface area (TPSA) is 67.8 Å². The number of hydrogen-bond acceptors (Lipinski definition) is 4. The second kappa shape index (κ2) is 4.72. The molecule has 82 valence electrons. The van der Waals surface area contributed by atoms with E-state index in [1.165, 1.54) is 6.92 Å². The molecule has 1 aliphatic heterocycles. The number of rotatable bonds is 2. The Morgan fingerprint density at radius 3 is 2.79 bits per heavy atom. The molecule has 0 unspecified atom stereocenters. The van der Waals surface area contributed by atoms with Gasteiger partial charge in [-0.1, -0.05) is 0 Å². The Bertz CT molecular complexity index is 209. The number of aliphatic hydroxyl groups excluding tert-OH is 1. The van der Waals surface area contributed by atoms with Gasteiger partial charge in [0.2, 0.25) is 5.91 Å². The molecule has 1 saturated heterocycles. The summed E-state index contributed by atoms with van der Waals surface area (Å²) < 4.78 is 10.4. The number of methoxy groups -OCH3 is 1. The first kappa shape index (κ1) is 11.4. The molecular weight excluding hydrogens is 186 g/mol. The van der Waals surface area contributed by atoms with Crippen molar-refractivity contribution in [1.82, 2.24) is 5.32 Å². The number of nitrogens with one attached hydrogen (secondary N) is 1. The molecule has 0 spiro atoms. The molecule has 0 bridgehead atoms. The summed E-state index contributed by atoms with van der Waals surface area (Å²) in [6.07, 6.45) is -0.886. The normalized spacial score (nSPS) is 38.0. The van der Waals surface area contributed by atoms with Gasteiger partial charge in [-0.25, -0.2) is 0 Å². The number of aliphatic hydroxyl groups is 1. The van der Waals surface area contributed by atoms with E-state index in [1.54, 1.807) is 14.0 Å². The lowest BCUT2D eigenvalue weighted by Crippen LogP contribution is -2.54. The van der Waals surface area contributed by atoms with Crippen molar-refractivity contribution < 1.29 is 19.4 Å². The Kier molecular flexibility index (Phi) is 3.86. The molecule has 2 N–H and O–H groups in total. The van der Waals surface area contributed by atoms with E-state index in [4.69, 9.17) is 9.47 Å². The SMILES string of the molecule is CO[C@H]1C[C@@H](NC(C)=O)[C@@H](O)[C@H](C)O1. The van der Waals surface area contributed by atoms with Gasteiger partial charge >= 0.3 is 0 Å². The van der Waals surface area contributed by atoms with Gasteiger partial charge in [0.1, 0.15) is 6.10 Å². The van der Waals surface area contributed by atoms with E-state index in [9.17, 15) is 9.90 Å². The minimum absolute atomic E-state index is 0.155. The summed E-state index contributed by atoms with van der Waals surface area (Å²) in [5.41, 5.74) is 0. The maximum absolute atomic E-state index is 10.9. The first-order valence-electron chi connectivity index (χ1n) is 4.68. The zero-order chi connectivity index (χ0) is 10.7. The second-order valence-corrected chi connectivity index (χ2v) is 3.54. The van der Waals surface area contributed by atoms with Crippen LogP contribution in [0, 0.1) is 0 Å². The Morgan fingerprint density at radius 1 is 1.64 bits per heavy atom. The lowest BCUT2D eigenvalue weighted by molar-refractivity contribution is -0.214. The fourth-order valence-corrected chi connectivity index (χ4v) is 1.61. The number of amides is 1. The molecular formula is C9H17NO4. The van der Waals surface area contributed by atoms with Crippen LogP contribution in [0.25, 0.3) is 0 Å². The second-order valence-electron chi connectivity index (χ2n) is 3.54. The molecule has 0 aliphatic carbocycles. The van der Waals surface area contributed by atoms with Gasteiger partial charge in [0.15, 0.2) is 6.29 Å². The fraction of sp³-hybridized carbons (Fsp3) is 0.889. The van der Waals surface area contributed by atoms with Crippen LogP contribution in [0.2, 0.25) is 0 Å². The Labute approximate surface area is 83.4 Å². The van der Waals surface area contributed by atoms with Gasteiger partial charge in [0.05, 0.1) is 12.1 Å². The molecule has 1 heterocycles. The van der Waals surface area contributed by atoms with Crippen LogP contribution >= 0.6 is 0 Å². The van der Waals surface area contributed by atoms with Crippen molar-refractivity contribution in [3.05, 3.63) is 0 Å². The van der Waals surface area contributed by atoms with Crippen LogP contribution in [0.3, 0.4) is 0 Å². The van der Waals surface area contributed by atoms with Gasteiger partial charge in [-0.15, -0.1) is 0 Å². The smallest absolute Gasteiger partial charge is 0.217 e. The highest BCUT2D eigenvalue weighted by atomic mass is 16.7. The van der Waals surface area contributed by atoms with E-state index >= 15 is 0 Å². The van der Waals surface area contributed by atoms with E-state index in [-0.39, 0.29) is 24.3 Å². The minimum Gasteiger partial charge on any atom is -0.388 e. The van der Waals surface area contributed by atoms with Crippen molar-refractivity contribution in [1.29, 1.82) is 0 Å². The predicted molar refractivity (Wildman–Crippen MR) is 49.6 cm³/mol. The van der Waals surface area contributed by atoms with Crippen LogP contribution < -0.4 is 5.32 Å². The summed E-state index contributed by atoms with van der Waals surface area (Å²) in [6.45, 7) is 3.18. The molecule has 5 heteroatoms. The van der Waals surface area contributed by atoms with Gasteiger partial charge in [0.25, 0.3) is 0 Å². The highest BCUT2D eigenvalue weighted by Gasteiger charge is 2.35. The third-order valence-corrected chi connectivity index (χ3v) is 2.36. The molecule has 0 saturated carbocycles. The monoisotopic (exact) mass is 203 g/mol. The summed E-state index contributed by atoms with van der Waals surface area (Å²) in [7, 11) is 1.54. The maximum Gasteiger partial charge on any atom is 0.217 e. The van der Waals surface area contributed by atoms with Gasteiger partial charge in [-0.3, -0.25) is 4.79 Å². The number of carbonyl (C=O) groups excluding carboxylic acids is 1. The maximum atomic E-state index is 10.9. The van der Waals surface area contributed by atoms with Crippen molar-refractivity contribution in [2.45, 2.75) is 44.8 Å². The minimum atomic E-state index is -0.676. The molecule has 0 aromatic carbocycles. The molecule has 1 fully saturated rings. The van der Waals surface area contributed by atoms with Gasteiger partial charge < -0.3 is 19.9 Å². The van der Waals surface area contributed by atoms with Crippen LogP contribution in [0.5, 0.6) is 0 Å². The van der Waals surface area contributed by atoms with Crippen molar-refractivity contribution in [3.63, 3.8) is 0 Å². The van der Waals surface area contributed by atoms with Crippen LogP contribution in [-0.4, -0.2) is 42.7 Å². The average molecular weight is 203 g/mol. The van der Waals surface area contributed by atoms with E-state index in [1.807, 2.05) is 0 Å². The van der Waals surface area contributed by atoms with Crippen molar-refractivity contribution in [2.24, 2.45) is 0 Å². The number of ether oxygens (including phenoxy) is 2. The Balaban J connectivity index is 2.57. The summed E-state index contributed by atoms with van der Waals surface area (Å²) in [5.74, 6) is -0.155. The Hall–Kier alpha value is -0.650. The largest absolute Gasteiger partial charge is 0.388 e. The van der Waals surface area contributed by atoms with E-state index in [0.717, 1.165) is 0 Å². The van der Waals surface area contributed by atoms with Crippen molar-refractivity contribution >= 4 is 5.91 Å². The molecule has 1 amide bonds.